The van der Waals surface area contributed by atoms with Crippen LogP contribution in [0.1, 0.15) is 106 Å². The van der Waals surface area contributed by atoms with Gasteiger partial charge in [0.05, 0.1) is 44.1 Å². The zero-order valence-corrected chi connectivity index (χ0v) is 47.5. The molecule has 4 saturated carbocycles. The molecule has 25 nitrogen and oxygen atoms in total. The van der Waals surface area contributed by atoms with Crippen molar-refractivity contribution >= 4 is 5.97 Å². The standard InChI is InChI=1S/C57H90O25/c1-23-10-15-57(52(72)82-49-43(70)40(67)38(65)30(78-49)22-75-47-42(69)39(66)37(64)29(19-58)77-47)17-16-55(6)25(26(57)18-23)8-9-32-54(5)13-12-33(53(3,4)31(54)11-14-56(32,55)7)79-51-46(36(63)28(60)21-74-51)81-50-44(71)45(34(61)24(2)76-50)80-48-41(68)35(62)27(59)20-73-48/h8,24,26-51,58-71H,1,9-22H2,2-7H3/t24-,26-,27+,28+,29-,30-,31-,32+,33-,34-,35+,36+,37-,38-,39+,40+,41-,42-,43-,44+,45+,46-,47-,48+,49+,50-,51+,54-,55+,56+,57-/m0/s1. The van der Waals surface area contributed by atoms with E-state index >= 15 is 0 Å². The monoisotopic (exact) mass is 1170 g/mol. The number of aliphatic hydroxyl groups excluding tert-OH is 14. The van der Waals surface area contributed by atoms with Gasteiger partial charge in [-0.05, 0) is 105 Å². The molecular formula is C57H90O25. The van der Waals surface area contributed by atoms with E-state index in [-0.39, 0.29) is 47.2 Å². The smallest absolute Gasteiger partial charge is 0.315 e. The molecule has 0 aromatic heterocycles. The highest BCUT2D eigenvalue weighted by molar-refractivity contribution is 5.79. The van der Waals surface area contributed by atoms with E-state index in [1.165, 1.54) is 12.5 Å². The van der Waals surface area contributed by atoms with Gasteiger partial charge < -0.3 is 119 Å². The number of allylic oxidation sites excluding steroid dienone is 3. The number of esters is 1. The molecule has 10 rings (SSSR count). The zero-order valence-electron chi connectivity index (χ0n) is 47.5. The lowest BCUT2D eigenvalue weighted by molar-refractivity contribution is -0.378. The van der Waals surface area contributed by atoms with Crippen molar-refractivity contribution in [3.05, 3.63) is 23.8 Å². The molecule has 82 heavy (non-hydrogen) atoms. The fourth-order valence-corrected chi connectivity index (χ4v) is 16.8. The van der Waals surface area contributed by atoms with Crippen molar-refractivity contribution in [1.29, 1.82) is 0 Å². The van der Waals surface area contributed by atoms with Gasteiger partial charge in [0.2, 0.25) is 6.29 Å². The summed E-state index contributed by atoms with van der Waals surface area (Å²) in [5.74, 6) is -0.592. The van der Waals surface area contributed by atoms with E-state index in [9.17, 15) is 76.3 Å². The van der Waals surface area contributed by atoms with Gasteiger partial charge >= 0.3 is 5.97 Å². The minimum Gasteiger partial charge on any atom is -0.432 e. The number of carbonyl (C=O) groups excluding carboxylic acids is 1. The van der Waals surface area contributed by atoms with Gasteiger partial charge in [0.1, 0.15) is 104 Å². The van der Waals surface area contributed by atoms with Crippen LogP contribution in [0.2, 0.25) is 0 Å². The van der Waals surface area contributed by atoms with E-state index < -0.39 is 177 Å². The summed E-state index contributed by atoms with van der Waals surface area (Å²) in [4.78, 5) is 15.0. The van der Waals surface area contributed by atoms with E-state index in [0.717, 1.165) is 31.3 Å². The molecule has 10 aliphatic rings. The van der Waals surface area contributed by atoms with Crippen molar-refractivity contribution in [3.63, 3.8) is 0 Å². The molecule has 25 heteroatoms. The second-order valence-electron chi connectivity index (χ2n) is 26.8. The maximum Gasteiger partial charge on any atom is 0.315 e. The number of aliphatic hydroxyl groups is 14. The Kier molecular flexibility index (Phi) is 18.1. The Balaban J connectivity index is 0.831. The lowest BCUT2D eigenvalue weighted by Crippen LogP contribution is -2.66. The first-order valence-corrected chi connectivity index (χ1v) is 29.4. The molecule has 0 unspecified atom stereocenters. The highest BCUT2D eigenvalue weighted by Gasteiger charge is 2.70. The van der Waals surface area contributed by atoms with Gasteiger partial charge in [-0.25, -0.2) is 0 Å². The van der Waals surface area contributed by atoms with Gasteiger partial charge in [0, 0.05) is 5.92 Å². The van der Waals surface area contributed by atoms with Crippen LogP contribution in [0.25, 0.3) is 0 Å². The van der Waals surface area contributed by atoms with Gasteiger partial charge in [-0.15, -0.1) is 0 Å². The van der Waals surface area contributed by atoms with E-state index in [1.807, 2.05) is 0 Å². The first-order valence-electron chi connectivity index (χ1n) is 29.4. The number of ether oxygens (including phenoxy) is 10. The summed E-state index contributed by atoms with van der Waals surface area (Å²) in [7, 11) is 0. The van der Waals surface area contributed by atoms with Crippen molar-refractivity contribution in [2.75, 3.05) is 26.4 Å². The number of hydrogen-bond donors (Lipinski definition) is 14. The molecule has 468 valence electrons. The zero-order chi connectivity index (χ0) is 59.5. The van der Waals surface area contributed by atoms with E-state index in [2.05, 4.69) is 47.3 Å². The molecule has 5 saturated heterocycles. The molecule has 0 aromatic rings. The number of carbonyl (C=O) groups is 1. The molecule has 31 atom stereocenters. The summed E-state index contributed by atoms with van der Waals surface area (Å²) in [6.07, 6.45) is -27.5. The minimum absolute atomic E-state index is 0.129. The SMILES string of the molecule is C=C1CC[C@]2(C(=O)O[C@H]3O[C@@H](CO[C@H]4O[C@@H](CO)[C@H](O)[C@@H](O)[C@@H]4O)[C@H](O)[C@@H](O)[C@@H]3O)CC[C@]3(C)C(=CC[C@@H]4[C@@]5(C)CC[C@H](O[C@H]6OC[C@@H](O)[C@@H](O)[C@@H]6O[C@@H]6O[C@@H](C)[C@H](O)[C@@H](O[C@H]7OC[C@@H](O)[C@@H](O)[C@@H]7O)[C@H]6O)C(C)(C)[C@@H]5CC[C@]43C)[C@@H]2C1. The first-order chi connectivity index (χ1) is 38.5. The van der Waals surface area contributed by atoms with Gasteiger partial charge in [0.25, 0.3) is 0 Å². The molecule has 0 radical (unpaired) electrons. The Labute approximate surface area is 476 Å². The third kappa shape index (κ3) is 10.5. The largest absolute Gasteiger partial charge is 0.432 e. The topological polar surface area (TPSA) is 393 Å². The predicted molar refractivity (Wildman–Crippen MR) is 277 cm³/mol. The molecule has 0 spiro atoms. The Hall–Kier alpha value is -1.97. The van der Waals surface area contributed by atoms with Gasteiger partial charge in [-0.3, -0.25) is 4.79 Å². The highest BCUT2D eigenvalue weighted by Crippen LogP contribution is 2.75. The van der Waals surface area contributed by atoms with Gasteiger partial charge in [0.15, 0.2) is 25.2 Å². The summed E-state index contributed by atoms with van der Waals surface area (Å²) < 4.78 is 59.4. The number of hydrogen-bond acceptors (Lipinski definition) is 25. The van der Waals surface area contributed by atoms with E-state index in [4.69, 9.17) is 47.4 Å². The molecule has 5 heterocycles. The van der Waals surface area contributed by atoms with Crippen LogP contribution >= 0.6 is 0 Å². The fraction of sp³-hybridized carbons (Fsp3) is 0.912. The maximum absolute atomic E-state index is 15.0. The van der Waals surface area contributed by atoms with Crippen molar-refractivity contribution < 1.29 is 124 Å². The predicted octanol–water partition coefficient (Wildman–Crippen LogP) is -2.38. The van der Waals surface area contributed by atoms with Crippen molar-refractivity contribution in [2.24, 2.45) is 44.8 Å². The highest BCUT2D eigenvalue weighted by atomic mass is 16.8. The maximum atomic E-state index is 15.0. The number of fused-ring (bicyclic) bond motifs is 7. The fourth-order valence-electron chi connectivity index (χ4n) is 16.8. The molecular weight excluding hydrogens is 1080 g/mol. The Morgan fingerprint density at radius 2 is 1.23 bits per heavy atom. The molecule has 5 aliphatic carbocycles. The first kappa shape index (κ1) is 63.1. The lowest BCUT2D eigenvalue weighted by atomic mass is 9.34. The third-order valence-electron chi connectivity index (χ3n) is 22.1. The second-order valence-corrected chi connectivity index (χ2v) is 26.8. The molecule has 5 aliphatic heterocycles. The summed E-state index contributed by atoms with van der Waals surface area (Å²) in [5, 5.41) is 150. The second kappa shape index (κ2) is 23.5. The normalized spacial score (nSPS) is 54.1. The number of rotatable bonds is 12. The average Bonchev–Trinajstić information content (AvgIpc) is 0.767. The van der Waals surface area contributed by atoms with Crippen LogP contribution in [-0.2, 0) is 52.2 Å². The molecule has 0 bridgehead atoms. The minimum atomic E-state index is -1.85. The molecule has 0 amide bonds. The van der Waals surface area contributed by atoms with Crippen LogP contribution in [0.4, 0.5) is 0 Å². The summed E-state index contributed by atoms with van der Waals surface area (Å²) >= 11 is 0. The van der Waals surface area contributed by atoms with Crippen molar-refractivity contribution in [3.8, 4) is 0 Å². The van der Waals surface area contributed by atoms with Gasteiger partial charge in [-0.2, -0.15) is 0 Å². The van der Waals surface area contributed by atoms with E-state index in [0.29, 0.717) is 38.5 Å². The summed E-state index contributed by atoms with van der Waals surface area (Å²) in [6.45, 7) is 15.4. The average molecular weight is 1180 g/mol. The van der Waals surface area contributed by atoms with Crippen molar-refractivity contribution in [2.45, 2.75) is 253 Å². The quantitative estimate of drug-likeness (QED) is 0.0551. The Morgan fingerprint density at radius 1 is 0.610 bits per heavy atom. The van der Waals surface area contributed by atoms with Crippen molar-refractivity contribution in [1.82, 2.24) is 0 Å². The van der Waals surface area contributed by atoms with Gasteiger partial charge in [-0.1, -0.05) is 58.4 Å². The summed E-state index contributed by atoms with van der Waals surface area (Å²) in [6, 6.07) is 0. The van der Waals surface area contributed by atoms with Crippen LogP contribution in [-0.4, -0.2) is 251 Å². The summed E-state index contributed by atoms with van der Waals surface area (Å²) in [5.41, 5.74) is -0.171. The van der Waals surface area contributed by atoms with Crippen LogP contribution in [0.3, 0.4) is 0 Å². The van der Waals surface area contributed by atoms with Crippen LogP contribution < -0.4 is 0 Å². The molecule has 9 fully saturated rings. The Bertz CT molecular complexity index is 2310. The molecule has 14 N–H and O–H groups in total. The molecule has 0 aromatic carbocycles. The lowest BCUT2D eigenvalue weighted by Gasteiger charge is -2.71. The van der Waals surface area contributed by atoms with Crippen LogP contribution in [0.15, 0.2) is 23.8 Å². The van der Waals surface area contributed by atoms with Crippen LogP contribution in [0.5, 0.6) is 0 Å². The van der Waals surface area contributed by atoms with E-state index in [1.54, 1.807) is 0 Å². The third-order valence-corrected chi connectivity index (χ3v) is 22.1. The Morgan fingerprint density at radius 3 is 1.93 bits per heavy atom. The van der Waals surface area contributed by atoms with Crippen LogP contribution in [0, 0.1) is 44.8 Å².